The van der Waals surface area contributed by atoms with Gasteiger partial charge in [0.2, 0.25) is 5.06 Å². The van der Waals surface area contributed by atoms with Gasteiger partial charge in [0.05, 0.1) is 11.4 Å². The van der Waals surface area contributed by atoms with Crippen LogP contribution in [0.4, 0.5) is 16.2 Å². The molecule has 0 unspecified atom stereocenters. The molecule has 1 amide bonds. The number of anilines is 2. The summed E-state index contributed by atoms with van der Waals surface area (Å²) >= 11 is 7.32. The van der Waals surface area contributed by atoms with Crippen LogP contribution in [0.15, 0.2) is 60.2 Å². The van der Waals surface area contributed by atoms with E-state index in [0.29, 0.717) is 23.1 Å². The summed E-state index contributed by atoms with van der Waals surface area (Å²) in [6, 6.07) is 13.3. The van der Waals surface area contributed by atoms with Crippen molar-refractivity contribution >= 4 is 51.4 Å². The zero-order chi connectivity index (χ0) is 19.3. The second-order valence-corrected chi connectivity index (χ2v) is 7.36. The van der Waals surface area contributed by atoms with Crippen molar-refractivity contribution in [3.05, 3.63) is 70.8 Å². The Labute approximate surface area is 170 Å². The summed E-state index contributed by atoms with van der Waals surface area (Å²) < 4.78 is 5.47. The number of carbonyl (C=O) groups excluding carboxylic acids is 1. The Balaban J connectivity index is 1.36. The molecule has 0 atom stereocenters. The number of ether oxygens (including phenoxy) is 1. The molecule has 3 aromatic heterocycles. The number of fused-ring (bicyclic) bond motifs is 1. The van der Waals surface area contributed by atoms with Crippen LogP contribution in [-0.4, -0.2) is 22.6 Å². The van der Waals surface area contributed by atoms with Crippen LogP contribution in [0, 0.1) is 0 Å². The predicted octanol–water partition coefficient (Wildman–Crippen LogP) is 5.35. The standard InChI is InChI=1S/C20H17ClN4O2S/c21-14-3-1-2-13(12-14)4-8-24-20(26)27-19-17(7-11-28-19)25-16-6-10-23-18-15(16)5-9-22-18/h1-3,5-7,9-12H,4,8H2,(H,24,26)(H2,22,23,25). The minimum atomic E-state index is -0.492. The van der Waals surface area contributed by atoms with Gasteiger partial charge in [-0.15, -0.1) is 11.3 Å². The quantitative estimate of drug-likeness (QED) is 0.398. The van der Waals surface area contributed by atoms with Crippen molar-refractivity contribution in [3.8, 4) is 5.06 Å². The number of benzene rings is 1. The monoisotopic (exact) mass is 412 g/mol. The number of carbonyl (C=O) groups is 1. The molecule has 28 heavy (non-hydrogen) atoms. The lowest BCUT2D eigenvalue weighted by atomic mass is 10.1. The molecule has 1 aromatic carbocycles. The highest BCUT2D eigenvalue weighted by Crippen LogP contribution is 2.35. The highest BCUT2D eigenvalue weighted by Gasteiger charge is 2.12. The molecule has 6 nitrogen and oxygen atoms in total. The van der Waals surface area contributed by atoms with Gasteiger partial charge in [0, 0.05) is 29.3 Å². The Morgan fingerprint density at radius 3 is 3.04 bits per heavy atom. The lowest BCUT2D eigenvalue weighted by Crippen LogP contribution is -2.28. The third kappa shape index (κ3) is 4.27. The minimum absolute atomic E-state index is 0.460. The lowest BCUT2D eigenvalue weighted by molar-refractivity contribution is 0.202. The number of hydrogen-bond acceptors (Lipinski definition) is 5. The summed E-state index contributed by atoms with van der Waals surface area (Å²) in [5.74, 6) is 0. The molecular formula is C20H17ClN4O2S. The van der Waals surface area contributed by atoms with Crippen LogP contribution in [0.1, 0.15) is 5.56 Å². The van der Waals surface area contributed by atoms with Crippen LogP contribution >= 0.6 is 22.9 Å². The van der Waals surface area contributed by atoms with E-state index in [9.17, 15) is 4.79 Å². The third-order valence-corrected chi connectivity index (χ3v) is 5.14. The number of aromatic amines is 1. The Bertz CT molecular complexity index is 1110. The zero-order valence-corrected chi connectivity index (χ0v) is 16.3. The molecule has 142 valence electrons. The van der Waals surface area contributed by atoms with E-state index in [-0.39, 0.29) is 0 Å². The van der Waals surface area contributed by atoms with Crippen LogP contribution in [-0.2, 0) is 6.42 Å². The summed E-state index contributed by atoms with van der Waals surface area (Å²) in [5.41, 5.74) is 3.46. The van der Waals surface area contributed by atoms with E-state index in [0.717, 1.165) is 28.0 Å². The van der Waals surface area contributed by atoms with E-state index >= 15 is 0 Å². The van der Waals surface area contributed by atoms with Gasteiger partial charge < -0.3 is 20.4 Å². The molecule has 4 rings (SSSR count). The van der Waals surface area contributed by atoms with E-state index in [1.165, 1.54) is 11.3 Å². The number of hydrogen-bond donors (Lipinski definition) is 3. The first kappa shape index (κ1) is 18.3. The molecule has 0 aliphatic heterocycles. The highest BCUT2D eigenvalue weighted by molar-refractivity contribution is 7.12. The summed E-state index contributed by atoms with van der Waals surface area (Å²) in [6.07, 6.45) is 3.74. The number of rotatable bonds is 6. The first-order valence-corrected chi connectivity index (χ1v) is 9.91. The largest absolute Gasteiger partial charge is 0.413 e. The molecule has 0 fully saturated rings. The normalized spacial score (nSPS) is 10.8. The molecular weight excluding hydrogens is 396 g/mol. The average molecular weight is 413 g/mol. The number of pyridine rings is 1. The fraction of sp³-hybridized carbons (Fsp3) is 0.100. The predicted molar refractivity (Wildman–Crippen MR) is 113 cm³/mol. The molecule has 8 heteroatoms. The van der Waals surface area contributed by atoms with Gasteiger partial charge >= 0.3 is 6.09 Å². The average Bonchev–Trinajstić information content (AvgIpc) is 3.32. The van der Waals surface area contributed by atoms with Crippen molar-refractivity contribution in [2.24, 2.45) is 0 Å². The molecule has 0 bridgehead atoms. The van der Waals surface area contributed by atoms with Gasteiger partial charge in [-0.25, -0.2) is 9.78 Å². The number of aromatic nitrogens is 2. The Morgan fingerprint density at radius 1 is 1.21 bits per heavy atom. The minimum Gasteiger partial charge on any atom is -0.397 e. The molecule has 4 aromatic rings. The second kappa shape index (κ2) is 8.33. The number of halogens is 1. The van der Waals surface area contributed by atoms with Crippen molar-refractivity contribution in [2.45, 2.75) is 6.42 Å². The Morgan fingerprint density at radius 2 is 2.14 bits per heavy atom. The summed E-state index contributed by atoms with van der Waals surface area (Å²) in [6.45, 7) is 0.460. The first-order chi connectivity index (χ1) is 13.7. The van der Waals surface area contributed by atoms with Crippen molar-refractivity contribution in [3.63, 3.8) is 0 Å². The molecule has 0 radical (unpaired) electrons. The van der Waals surface area contributed by atoms with E-state index in [1.54, 1.807) is 6.20 Å². The number of amides is 1. The molecule has 0 saturated heterocycles. The van der Waals surface area contributed by atoms with Gasteiger partial charge in [0.25, 0.3) is 0 Å². The van der Waals surface area contributed by atoms with Crippen molar-refractivity contribution < 1.29 is 9.53 Å². The van der Waals surface area contributed by atoms with E-state index in [2.05, 4.69) is 20.6 Å². The number of nitrogens with one attached hydrogen (secondary N) is 3. The van der Waals surface area contributed by atoms with Gasteiger partial charge in [-0.3, -0.25) is 0 Å². The maximum atomic E-state index is 12.1. The van der Waals surface area contributed by atoms with Crippen molar-refractivity contribution in [1.82, 2.24) is 15.3 Å². The van der Waals surface area contributed by atoms with Crippen LogP contribution in [0.2, 0.25) is 5.02 Å². The molecule has 3 N–H and O–H groups in total. The van der Waals surface area contributed by atoms with E-state index in [1.807, 2.05) is 54.0 Å². The Kier molecular flexibility index (Phi) is 5.45. The molecule has 0 saturated carbocycles. The van der Waals surface area contributed by atoms with E-state index in [4.69, 9.17) is 16.3 Å². The van der Waals surface area contributed by atoms with E-state index < -0.39 is 6.09 Å². The van der Waals surface area contributed by atoms with Gasteiger partial charge in [-0.2, -0.15) is 0 Å². The maximum Gasteiger partial charge on any atom is 0.413 e. The fourth-order valence-corrected chi connectivity index (χ4v) is 3.71. The van der Waals surface area contributed by atoms with Crippen LogP contribution in [0.25, 0.3) is 11.0 Å². The van der Waals surface area contributed by atoms with Gasteiger partial charge in [-0.05, 0) is 47.7 Å². The lowest BCUT2D eigenvalue weighted by Gasteiger charge is -2.10. The zero-order valence-electron chi connectivity index (χ0n) is 14.7. The maximum absolute atomic E-state index is 12.1. The molecule has 0 aliphatic carbocycles. The number of nitrogens with zero attached hydrogens (tertiary/aromatic N) is 1. The van der Waals surface area contributed by atoms with Crippen molar-refractivity contribution in [2.75, 3.05) is 11.9 Å². The van der Waals surface area contributed by atoms with Gasteiger partial charge in [-0.1, -0.05) is 23.7 Å². The van der Waals surface area contributed by atoms with Crippen LogP contribution in [0.5, 0.6) is 5.06 Å². The van der Waals surface area contributed by atoms with Crippen molar-refractivity contribution in [1.29, 1.82) is 0 Å². The Hall–Kier alpha value is -3.03. The summed E-state index contributed by atoms with van der Waals surface area (Å²) in [7, 11) is 0. The third-order valence-electron chi connectivity index (χ3n) is 4.12. The molecule has 0 aliphatic rings. The topological polar surface area (TPSA) is 79.0 Å². The van der Waals surface area contributed by atoms with Gasteiger partial charge in [0.1, 0.15) is 5.65 Å². The smallest absolute Gasteiger partial charge is 0.397 e. The first-order valence-electron chi connectivity index (χ1n) is 8.66. The number of thiophene rings is 1. The van der Waals surface area contributed by atoms with Crippen LogP contribution in [0.3, 0.4) is 0 Å². The molecule has 0 spiro atoms. The highest BCUT2D eigenvalue weighted by atomic mass is 35.5. The van der Waals surface area contributed by atoms with Crippen LogP contribution < -0.4 is 15.4 Å². The molecule has 3 heterocycles. The summed E-state index contributed by atoms with van der Waals surface area (Å²) in [4.78, 5) is 19.5. The number of H-pyrrole nitrogens is 1. The second-order valence-electron chi connectivity index (χ2n) is 6.04. The fourth-order valence-electron chi connectivity index (χ4n) is 2.80. The summed E-state index contributed by atoms with van der Waals surface area (Å²) in [5, 5.41) is 10.1. The van der Waals surface area contributed by atoms with Gasteiger partial charge in [0.15, 0.2) is 0 Å². The SMILES string of the molecule is O=C(NCCc1cccc(Cl)c1)Oc1sccc1Nc1ccnc2[nH]ccc12.